The van der Waals surface area contributed by atoms with Crippen LogP contribution >= 0.6 is 27.5 Å². The van der Waals surface area contributed by atoms with Crippen molar-refractivity contribution in [3.05, 3.63) is 92.9 Å². The number of rotatable bonds is 8. The molecule has 0 aliphatic heterocycles. The van der Waals surface area contributed by atoms with Gasteiger partial charge in [0.2, 0.25) is 5.91 Å². The van der Waals surface area contributed by atoms with Crippen LogP contribution in [0.1, 0.15) is 16.7 Å². The number of nitrogens with zero attached hydrogens (tertiary/aromatic N) is 1. The lowest BCUT2D eigenvalue weighted by Crippen LogP contribution is -2.19. The van der Waals surface area contributed by atoms with Crippen molar-refractivity contribution < 1.29 is 14.3 Å². The van der Waals surface area contributed by atoms with Crippen molar-refractivity contribution in [1.82, 2.24) is 5.43 Å². The maximum absolute atomic E-state index is 12.0. The molecular formula is C23H20BrClN2O3. The summed E-state index contributed by atoms with van der Waals surface area (Å²) in [4.78, 5) is 12.0. The van der Waals surface area contributed by atoms with Crippen molar-refractivity contribution in [3.8, 4) is 11.5 Å². The minimum atomic E-state index is -0.196. The molecule has 0 atom stereocenters. The van der Waals surface area contributed by atoms with Gasteiger partial charge in [0.25, 0.3) is 0 Å². The second-order valence-electron chi connectivity index (χ2n) is 6.42. The Hall–Kier alpha value is -2.83. The van der Waals surface area contributed by atoms with E-state index in [4.69, 9.17) is 21.1 Å². The smallest absolute Gasteiger partial charge is 0.244 e. The molecule has 0 unspecified atom stereocenters. The van der Waals surface area contributed by atoms with E-state index in [1.54, 1.807) is 13.3 Å². The maximum Gasteiger partial charge on any atom is 0.244 e. The molecule has 0 saturated carbocycles. The van der Waals surface area contributed by atoms with E-state index >= 15 is 0 Å². The first kappa shape index (κ1) is 21.9. The average Bonchev–Trinajstić information content (AvgIpc) is 2.75. The summed E-state index contributed by atoms with van der Waals surface area (Å²) in [7, 11) is 1.60. The molecule has 3 rings (SSSR count). The highest BCUT2D eigenvalue weighted by molar-refractivity contribution is 9.10. The van der Waals surface area contributed by atoms with Crippen LogP contribution in [0.3, 0.4) is 0 Å². The minimum Gasteiger partial charge on any atom is -0.497 e. The first-order chi connectivity index (χ1) is 14.5. The molecule has 0 aliphatic carbocycles. The van der Waals surface area contributed by atoms with E-state index in [1.807, 2.05) is 66.7 Å². The van der Waals surface area contributed by atoms with Gasteiger partial charge in [0.05, 0.1) is 24.2 Å². The van der Waals surface area contributed by atoms with Crippen molar-refractivity contribution in [1.29, 1.82) is 0 Å². The number of hydrogen-bond acceptors (Lipinski definition) is 4. The lowest BCUT2D eigenvalue weighted by Gasteiger charge is -2.09. The lowest BCUT2D eigenvalue weighted by molar-refractivity contribution is -0.120. The van der Waals surface area contributed by atoms with Gasteiger partial charge >= 0.3 is 0 Å². The summed E-state index contributed by atoms with van der Waals surface area (Å²) >= 11 is 9.40. The van der Waals surface area contributed by atoms with Gasteiger partial charge in [-0.1, -0.05) is 35.9 Å². The quantitative estimate of drug-likeness (QED) is 0.343. The van der Waals surface area contributed by atoms with Gasteiger partial charge in [-0.3, -0.25) is 4.79 Å². The molecule has 0 spiro atoms. The third kappa shape index (κ3) is 6.61. The summed E-state index contributed by atoms with van der Waals surface area (Å²) < 4.78 is 11.7. The molecule has 0 bridgehead atoms. The summed E-state index contributed by atoms with van der Waals surface area (Å²) in [5.41, 5.74) is 5.27. The second kappa shape index (κ2) is 10.8. The van der Waals surface area contributed by atoms with Crippen LogP contribution in [0.2, 0.25) is 5.02 Å². The van der Waals surface area contributed by atoms with E-state index in [2.05, 4.69) is 26.5 Å². The predicted octanol–water partition coefficient (Wildman–Crippen LogP) is 5.38. The molecule has 0 aliphatic rings. The van der Waals surface area contributed by atoms with E-state index in [1.165, 1.54) is 0 Å². The minimum absolute atomic E-state index is 0.196. The first-order valence-electron chi connectivity index (χ1n) is 9.15. The van der Waals surface area contributed by atoms with Crippen LogP contribution in [-0.4, -0.2) is 19.2 Å². The fourth-order valence-corrected chi connectivity index (χ4v) is 3.24. The van der Waals surface area contributed by atoms with E-state index in [-0.39, 0.29) is 12.3 Å². The monoisotopic (exact) mass is 486 g/mol. The highest BCUT2D eigenvalue weighted by atomic mass is 79.9. The molecule has 7 heteroatoms. The number of ether oxygens (including phenoxy) is 2. The van der Waals surface area contributed by atoms with Crippen molar-refractivity contribution >= 4 is 39.7 Å². The van der Waals surface area contributed by atoms with E-state index in [0.717, 1.165) is 26.9 Å². The number of nitrogens with one attached hydrogen (secondary N) is 1. The lowest BCUT2D eigenvalue weighted by atomic mass is 10.1. The Balaban J connectivity index is 1.50. The molecule has 154 valence electrons. The number of amides is 1. The number of hydrogen-bond donors (Lipinski definition) is 1. The van der Waals surface area contributed by atoms with Gasteiger partial charge in [-0.25, -0.2) is 5.43 Å². The van der Waals surface area contributed by atoms with Crippen molar-refractivity contribution in [2.24, 2.45) is 5.10 Å². The van der Waals surface area contributed by atoms with Gasteiger partial charge in [0, 0.05) is 5.02 Å². The molecule has 0 aromatic heterocycles. The Morgan fingerprint density at radius 2 is 1.77 bits per heavy atom. The second-order valence-corrected chi connectivity index (χ2v) is 7.71. The molecule has 3 aromatic carbocycles. The first-order valence-corrected chi connectivity index (χ1v) is 10.3. The van der Waals surface area contributed by atoms with E-state index < -0.39 is 0 Å². The number of carbonyl (C=O) groups excluding carboxylic acids is 1. The Labute approximate surface area is 188 Å². The van der Waals surface area contributed by atoms with Gasteiger partial charge in [-0.2, -0.15) is 5.10 Å². The van der Waals surface area contributed by atoms with Crippen LogP contribution in [0.5, 0.6) is 11.5 Å². The number of methoxy groups -OCH3 is 1. The average molecular weight is 488 g/mol. The number of carbonyl (C=O) groups is 1. The topological polar surface area (TPSA) is 59.9 Å². The molecular weight excluding hydrogens is 468 g/mol. The van der Waals surface area contributed by atoms with Crippen LogP contribution in [0.25, 0.3) is 0 Å². The molecule has 1 N–H and O–H groups in total. The number of hydrazone groups is 1. The maximum atomic E-state index is 12.0. The van der Waals surface area contributed by atoms with E-state index in [0.29, 0.717) is 17.4 Å². The van der Waals surface area contributed by atoms with Crippen molar-refractivity contribution in [3.63, 3.8) is 0 Å². The van der Waals surface area contributed by atoms with Crippen LogP contribution in [0, 0.1) is 0 Å². The molecule has 30 heavy (non-hydrogen) atoms. The van der Waals surface area contributed by atoms with Gasteiger partial charge in [-0.15, -0.1) is 0 Å². The third-order valence-corrected chi connectivity index (χ3v) is 5.06. The molecule has 0 radical (unpaired) electrons. The Bertz CT molecular complexity index is 1020. The summed E-state index contributed by atoms with van der Waals surface area (Å²) in [6, 6.07) is 20.4. The summed E-state index contributed by atoms with van der Waals surface area (Å²) in [6.07, 6.45) is 1.82. The van der Waals surface area contributed by atoms with Gasteiger partial charge in [0.1, 0.15) is 18.1 Å². The summed E-state index contributed by atoms with van der Waals surface area (Å²) in [6.45, 7) is 0.435. The Morgan fingerprint density at radius 3 is 2.43 bits per heavy atom. The Kier molecular flexibility index (Phi) is 7.88. The van der Waals surface area contributed by atoms with Gasteiger partial charge < -0.3 is 9.47 Å². The highest BCUT2D eigenvalue weighted by Crippen LogP contribution is 2.26. The predicted molar refractivity (Wildman–Crippen MR) is 122 cm³/mol. The largest absolute Gasteiger partial charge is 0.497 e. The number of benzene rings is 3. The zero-order valence-electron chi connectivity index (χ0n) is 16.3. The molecule has 0 saturated heterocycles. The van der Waals surface area contributed by atoms with Crippen molar-refractivity contribution in [2.75, 3.05) is 7.11 Å². The van der Waals surface area contributed by atoms with Crippen LogP contribution in [0.4, 0.5) is 0 Å². The van der Waals surface area contributed by atoms with Gasteiger partial charge in [-0.05, 0) is 75.1 Å². The standard InChI is InChI=1S/C23H20BrClN2O3/c1-29-20-9-4-16(5-10-20)13-23(28)27-26-14-18-6-11-22(21(24)12-18)30-15-17-2-7-19(25)8-3-17/h2-12,14H,13,15H2,1H3,(H,27,28)/b26-14-. The van der Waals surface area contributed by atoms with Gasteiger partial charge in [0.15, 0.2) is 0 Å². The molecule has 1 amide bonds. The highest BCUT2D eigenvalue weighted by Gasteiger charge is 2.04. The third-order valence-electron chi connectivity index (χ3n) is 4.19. The zero-order chi connectivity index (χ0) is 21.3. The summed E-state index contributed by atoms with van der Waals surface area (Å²) in [5.74, 6) is 1.27. The Morgan fingerprint density at radius 1 is 1.07 bits per heavy atom. The molecule has 5 nitrogen and oxygen atoms in total. The van der Waals surface area contributed by atoms with Crippen LogP contribution < -0.4 is 14.9 Å². The number of halogens is 2. The van der Waals surface area contributed by atoms with Crippen LogP contribution in [-0.2, 0) is 17.8 Å². The molecule has 0 heterocycles. The fraction of sp³-hybridized carbons (Fsp3) is 0.130. The fourth-order valence-electron chi connectivity index (χ4n) is 2.60. The molecule has 0 fully saturated rings. The zero-order valence-corrected chi connectivity index (χ0v) is 18.6. The van der Waals surface area contributed by atoms with Crippen molar-refractivity contribution in [2.45, 2.75) is 13.0 Å². The van der Waals surface area contributed by atoms with E-state index in [9.17, 15) is 4.79 Å². The van der Waals surface area contributed by atoms with Crippen LogP contribution in [0.15, 0.2) is 76.3 Å². The molecule has 3 aromatic rings. The normalized spacial score (nSPS) is 10.8. The summed E-state index contributed by atoms with van der Waals surface area (Å²) in [5, 5.41) is 4.71. The SMILES string of the molecule is COc1ccc(CC(=O)N/N=C\c2ccc(OCc3ccc(Cl)cc3)c(Br)c2)cc1.